The molecule has 0 saturated carbocycles. The quantitative estimate of drug-likeness (QED) is 0.164. The molecule has 1 aliphatic heterocycles. The van der Waals surface area contributed by atoms with E-state index in [9.17, 15) is 39.3 Å². The Hall–Kier alpha value is -1.49. The number of rotatable bonds is 14. The van der Waals surface area contributed by atoms with Gasteiger partial charge in [0, 0.05) is 78.5 Å². The third-order valence-electron chi connectivity index (χ3n) is 6.38. The minimum Gasteiger partial charge on any atom is -0.549 e. The van der Waals surface area contributed by atoms with Gasteiger partial charge in [-0.3, -0.25) is 29.2 Å². The van der Waals surface area contributed by atoms with Crippen molar-refractivity contribution in [2.75, 3.05) is 85.1 Å². The monoisotopic (exact) mass is 699 g/mol. The molecule has 0 spiro atoms. The Balaban J connectivity index is 0.0000144. The van der Waals surface area contributed by atoms with E-state index in [4.69, 9.17) is 0 Å². The zero-order valence-electron chi connectivity index (χ0n) is 22.8. The molecule has 1 radical (unpaired) electrons. The van der Waals surface area contributed by atoms with Gasteiger partial charge in [-0.1, -0.05) is 19.8 Å². The molecule has 2 amide bonds. The Morgan fingerprint density at radius 2 is 1.10 bits per heavy atom. The second-order valence-electron chi connectivity index (χ2n) is 9.43. The summed E-state index contributed by atoms with van der Waals surface area (Å²) in [7, 11) is 0. The van der Waals surface area contributed by atoms with Gasteiger partial charge in [0.25, 0.3) is 0 Å². The number of hydrogen-bond acceptors (Lipinski definition) is 12. The van der Waals surface area contributed by atoms with Gasteiger partial charge in [-0.2, -0.15) is 0 Å². The van der Waals surface area contributed by atoms with Crippen LogP contribution in [-0.2, 0) is 24.0 Å². The molecule has 0 aliphatic carbocycles. The number of carboxylic acid groups (broad SMARTS) is 3. The van der Waals surface area contributed by atoms with Crippen molar-refractivity contribution in [2.24, 2.45) is 0 Å². The Morgan fingerprint density at radius 3 is 1.49 bits per heavy atom. The Morgan fingerprint density at radius 1 is 0.692 bits per heavy atom. The van der Waals surface area contributed by atoms with Crippen molar-refractivity contribution in [2.45, 2.75) is 39.2 Å². The van der Waals surface area contributed by atoms with Crippen LogP contribution in [0.15, 0.2) is 0 Å². The largest absolute Gasteiger partial charge is 3.00 e. The summed E-state index contributed by atoms with van der Waals surface area (Å²) in [4.78, 5) is 65.1. The minimum atomic E-state index is -1.30. The molecular formula is C24H41GdN6O8. The van der Waals surface area contributed by atoms with Gasteiger partial charge in [-0.15, -0.1) is 0 Å². The van der Waals surface area contributed by atoms with Crippen molar-refractivity contribution in [3.05, 3.63) is 0 Å². The van der Waals surface area contributed by atoms with E-state index in [1.165, 1.54) is 0 Å². The van der Waals surface area contributed by atoms with Crippen LogP contribution in [0.1, 0.15) is 33.1 Å². The van der Waals surface area contributed by atoms with Crippen LogP contribution in [0.2, 0.25) is 0 Å². The fraction of sp³-hybridized carbons (Fsp3) is 0.792. The summed E-state index contributed by atoms with van der Waals surface area (Å²) < 4.78 is 0. The molecule has 1 aliphatic rings. The maximum absolute atomic E-state index is 12.8. The summed E-state index contributed by atoms with van der Waals surface area (Å²) in [6.07, 6.45) is 2.88. The van der Waals surface area contributed by atoms with Crippen LogP contribution in [0.3, 0.4) is 0 Å². The summed E-state index contributed by atoms with van der Waals surface area (Å²) in [5, 5.41) is 39.1. The van der Waals surface area contributed by atoms with Crippen molar-refractivity contribution in [1.29, 1.82) is 0 Å². The number of hydrogen-bond donors (Lipinski definition) is 2. The van der Waals surface area contributed by atoms with Gasteiger partial charge < -0.3 is 40.3 Å². The molecule has 223 valence electrons. The molecule has 0 aromatic heterocycles. The van der Waals surface area contributed by atoms with Crippen molar-refractivity contribution in [3.63, 3.8) is 0 Å². The molecular weight excluding hydrogens is 658 g/mol. The maximum Gasteiger partial charge on any atom is 3.00 e. The van der Waals surface area contributed by atoms with E-state index in [2.05, 4.69) is 17.6 Å². The van der Waals surface area contributed by atoms with Crippen LogP contribution >= 0.6 is 0 Å². The third kappa shape index (κ3) is 17.7. The van der Waals surface area contributed by atoms with E-state index in [0.29, 0.717) is 6.54 Å². The number of carbonyl (C=O) groups is 5. The number of nitrogens with zero attached hydrogens (tertiary/aromatic N) is 4. The average Bonchev–Trinajstić information content (AvgIpc) is 2.83. The predicted octanol–water partition coefficient (Wildman–Crippen LogP) is -5.73. The molecule has 2 N–H and O–H groups in total. The molecule has 14 nitrogen and oxygen atoms in total. The fourth-order valence-corrected chi connectivity index (χ4v) is 4.11. The van der Waals surface area contributed by atoms with E-state index in [-0.39, 0.29) is 130 Å². The summed E-state index contributed by atoms with van der Waals surface area (Å²) in [6, 6.07) is -0.685. The summed E-state index contributed by atoms with van der Waals surface area (Å²) in [5.41, 5.74) is 0. The zero-order chi connectivity index (χ0) is 28.5. The molecule has 0 bridgehead atoms. The summed E-state index contributed by atoms with van der Waals surface area (Å²) in [6.45, 7) is 4.83. The van der Waals surface area contributed by atoms with Crippen LogP contribution < -0.4 is 26.0 Å². The molecule has 1 unspecified atom stereocenters. The van der Waals surface area contributed by atoms with Gasteiger partial charge in [0.15, 0.2) is 0 Å². The van der Waals surface area contributed by atoms with E-state index in [1.54, 1.807) is 26.5 Å². The van der Waals surface area contributed by atoms with E-state index < -0.39 is 23.9 Å². The second-order valence-corrected chi connectivity index (χ2v) is 9.43. The van der Waals surface area contributed by atoms with Crippen LogP contribution in [0.25, 0.3) is 0 Å². The summed E-state index contributed by atoms with van der Waals surface area (Å²) in [5.74, 6) is -4.55. The van der Waals surface area contributed by atoms with Crippen molar-refractivity contribution in [3.8, 4) is 0 Å². The molecule has 0 aromatic carbocycles. The number of carboxylic acids is 3. The Kier molecular flexibility index (Phi) is 20.5. The summed E-state index contributed by atoms with van der Waals surface area (Å²) >= 11 is 0. The molecule has 1 atom stereocenters. The molecule has 39 heavy (non-hydrogen) atoms. The number of amides is 2. The van der Waals surface area contributed by atoms with Gasteiger partial charge in [0.05, 0.1) is 30.5 Å². The molecule has 1 fully saturated rings. The Bertz CT molecular complexity index is 758. The Labute approximate surface area is 262 Å². The van der Waals surface area contributed by atoms with Gasteiger partial charge in [-0.25, -0.2) is 0 Å². The van der Waals surface area contributed by atoms with Gasteiger partial charge >= 0.3 is 39.9 Å². The normalized spacial score (nSPS) is 17.6. The van der Waals surface area contributed by atoms with Gasteiger partial charge in [0.1, 0.15) is 0 Å². The molecule has 0 aromatic rings. The first-order valence-corrected chi connectivity index (χ1v) is 13.1. The third-order valence-corrected chi connectivity index (χ3v) is 6.38. The SMILES string of the molecule is CCCCCNC(=O)CNC(=O)C(C)N1CCN(CC(=O)[O-])CCN(CC(=O)[O-])CCN(CC(=O)[O-])CC1.[Gd+3]. The van der Waals surface area contributed by atoms with Crippen molar-refractivity contribution in [1.82, 2.24) is 30.2 Å². The predicted molar refractivity (Wildman–Crippen MR) is 131 cm³/mol. The van der Waals surface area contributed by atoms with E-state index in [0.717, 1.165) is 19.3 Å². The van der Waals surface area contributed by atoms with E-state index in [1.807, 2.05) is 0 Å². The topological polar surface area (TPSA) is 192 Å². The number of unbranched alkanes of at least 4 members (excludes halogenated alkanes) is 2. The van der Waals surface area contributed by atoms with Crippen LogP contribution in [0.5, 0.6) is 0 Å². The number of aliphatic carboxylic acids is 3. The fourth-order valence-electron chi connectivity index (χ4n) is 4.11. The number of nitrogens with one attached hydrogen (secondary N) is 2. The average molecular weight is 699 g/mol. The molecule has 1 saturated heterocycles. The first-order valence-electron chi connectivity index (χ1n) is 13.1. The second kappa shape index (κ2) is 21.3. The van der Waals surface area contributed by atoms with Crippen molar-refractivity contribution < 1.29 is 79.2 Å². The minimum absolute atomic E-state index is 0. The smallest absolute Gasteiger partial charge is 0.549 e. The standard InChI is InChI=1S/C24H44N6O8.Gd/c1-3-4-5-6-25-20(31)15-26-24(38)19(2)30-13-11-28(17-22(34)35)9-7-27(16-21(32)33)8-10-29(12-14-30)18-23(36)37;/h19H,3-18H2,1-2H3,(H,25,31)(H,26,38)(H,32,33)(H,34,35)(H,36,37);/q;+3/p-3. The maximum atomic E-state index is 12.8. The van der Waals surface area contributed by atoms with Crippen molar-refractivity contribution >= 4 is 29.7 Å². The first-order chi connectivity index (χ1) is 18.0. The molecule has 1 heterocycles. The zero-order valence-corrected chi connectivity index (χ0v) is 25.1. The van der Waals surface area contributed by atoms with Crippen LogP contribution in [-0.4, -0.2) is 140 Å². The van der Waals surface area contributed by atoms with E-state index >= 15 is 0 Å². The van der Waals surface area contributed by atoms with Crippen LogP contribution in [0, 0.1) is 39.9 Å². The molecule has 1 rings (SSSR count). The number of carbonyl (C=O) groups excluding carboxylic acids is 5. The van der Waals surface area contributed by atoms with Crippen LogP contribution in [0.4, 0.5) is 0 Å². The first kappa shape index (κ1) is 37.5. The molecule has 15 heteroatoms. The van der Waals surface area contributed by atoms with Gasteiger partial charge in [0.2, 0.25) is 11.8 Å². The van der Waals surface area contributed by atoms with Gasteiger partial charge in [-0.05, 0) is 13.3 Å².